The predicted octanol–water partition coefficient (Wildman–Crippen LogP) is 3.39. The number of alkyl carbamates (subject to hydrolysis) is 1. The molecule has 3 aromatic rings. The van der Waals surface area contributed by atoms with Gasteiger partial charge in [0.1, 0.15) is 12.6 Å². The first kappa shape index (κ1) is 24.0. The summed E-state index contributed by atoms with van der Waals surface area (Å²) >= 11 is 0. The highest BCUT2D eigenvalue weighted by Gasteiger charge is 2.30. The van der Waals surface area contributed by atoms with Crippen molar-refractivity contribution in [1.29, 1.82) is 0 Å². The van der Waals surface area contributed by atoms with Gasteiger partial charge < -0.3 is 20.1 Å². The molecule has 0 aliphatic heterocycles. The lowest BCUT2D eigenvalue weighted by Crippen LogP contribution is -2.42. The van der Waals surface area contributed by atoms with Crippen LogP contribution in [-0.2, 0) is 23.1 Å². The van der Waals surface area contributed by atoms with Crippen molar-refractivity contribution in [3.8, 4) is 11.1 Å². The summed E-state index contributed by atoms with van der Waals surface area (Å²) in [5.41, 5.74) is 5.21. The summed E-state index contributed by atoms with van der Waals surface area (Å²) in [4.78, 5) is 38.1. The van der Waals surface area contributed by atoms with Gasteiger partial charge in [0.2, 0.25) is 0 Å². The van der Waals surface area contributed by atoms with Crippen LogP contribution in [-0.4, -0.2) is 57.5 Å². The van der Waals surface area contributed by atoms with E-state index in [4.69, 9.17) is 4.74 Å². The van der Waals surface area contributed by atoms with Crippen molar-refractivity contribution in [2.75, 3.05) is 13.7 Å². The Morgan fingerprint density at radius 3 is 2.29 bits per heavy atom. The minimum absolute atomic E-state index is 0.00590. The third kappa shape index (κ3) is 4.62. The minimum atomic E-state index is -1.08. The Morgan fingerprint density at radius 2 is 1.71 bits per heavy atom. The van der Waals surface area contributed by atoms with Crippen LogP contribution in [0.2, 0.25) is 0 Å². The molecule has 35 heavy (non-hydrogen) atoms. The Hall–Kier alpha value is -4.14. The quantitative estimate of drug-likeness (QED) is 0.515. The molecule has 4 rings (SSSR count). The van der Waals surface area contributed by atoms with E-state index in [1.54, 1.807) is 14.0 Å². The lowest BCUT2D eigenvalue weighted by atomic mass is 9.98. The molecule has 0 radical (unpaired) electrons. The molecule has 0 fully saturated rings. The zero-order valence-electron chi connectivity index (χ0n) is 19.9. The number of aromatic nitrogens is 2. The molecule has 2 amide bonds. The molecule has 1 aliphatic carbocycles. The number of carbonyl (C=O) groups excluding carboxylic acids is 2. The Labute approximate surface area is 203 Å². The molecule has 0 saturated heterocycles. The second-order valence-electron chi connectivity index (χ2n) is 8.49. The van der Waals surface area contributed by atoms with Crippen LogP contribution in [0.15, 0.2) is 54.7 Å². The third-order valence-corrected chi connectivity index (χ3v) is 6.50. The van der Waals surface area contributed by atoms with Crippen LogP contribution in [0.5, 0.6) is 0 Å². The van der Waals surface area contributed by atoms with E-state index >= 15 is 0 Å². The van der Waals surface area contributed by atoms with Gasteiger partial charge in [-0.05, 0) is 28.7 Å². The van der Waals surface area contributed by atoms with E-state index in [9.17, 15) is 19.5 Å². The lowest BCUT2D eigenvalue weighted by Gasteiger charge is -2.23. The average Bonchev–Trinajstić information content (AvgIpc) is 3.38. The number of ether oxygens (including phenoxy) is 1. The van der Waals surface area contributed by atoms with Gasteiger partial charge in [0.05, 0.1) is 24.0 Å². The van der Waals surface area contributed by atoms with Crippen LogP contribution in [0, 0.1) is 0 Å². The van der Waals surface area contributed by atoms with Gasteiger partial charge in [-0.3, -0.25) is 9.48 Å². The van der Waals surface area contributed by atoms with E-state index in [0.29, 0.717) is 5.69 Å². The number of carboxylic acid groups (broad SMARTS) is 1. The summed E-state index contributed by atoms with van der Waals surface area (Å²) in [7, 11) is 3.10. The molecule has 1 aliphatic rings. The van der Waals surface area contributed by atoms with Crippen molar-refractivity contribution in [3.63, 3.8) is 0 Å². The molecule has 0 saturated carbocycles. The molecule has 0 bridgehead atoms. The van der Waals surface area contributed by atoms with Gasteiger partial charge in [-0.1, -0.05) is 55.5 Å². The second kappa shape index (κ2) is 10.0. The highest BCUT2D eigenvalue weighted by Crippen LogP contribution is 2.44. The van der Waals surface area contributed by atoms with Crippen molar-refractivity contribution in [1.82, 2.24) is 20.0 Å². The number of hydrogen-bond acceptors (Lipinski definition) is 5. The highest BCUT2D eigenvalue weighted by atomic mass is 16.5. The van der Waals surface area contributed by atoms with E-state index in [1.807, 2.05) is 36.4 Å². The summed E-state index contributed by atoms with van der Waals surface area (Å²) < 4.78 is 7.04. The van der Waals surface area contributed by atoms with Gasteiger partial charge in [-0.25, -0.2) is 9.59 Å². The fourth-order valence-electron chi connectivity index (χ4n) is 4.60. The Bertz CT molecular complexity index is 1220. The fraction of sp³-hybridized carbons (Fsp3) is 0.308. The first-order valence-corrected chi connectivity index (χ1v) is 11.4. The number of carboxylic acids is 1. The van der Waals surface area contributed by atoms with Crippen molar-refractivity contribution < 1.29 is 24.2 Å². The van der Waals surface area contributed by atoms with Crippen molar-refractivity contribution in [2.24, 2.45) is 7.05 Å². The van der Waals surface area contributed by atoms with Gasteiger partial charge >= 0.3 is 12.1 Å². The molecular weight excluding hydrogens is 448 g/mol. The number of likely N-dealkylation sites (N-methyl/N-ethyl adjacent to an activating group) is 1. The normalized spacial score (nSPS) is 13.0. The number of benzene rings is 2. The maximum Gasteiger partial charge on any atom is 0.407 e. The van der Waals surface area contributed by atoms with Crippen molar-refractivity contribution in [2.45, 2.75) is 31.8 Å². The van der Waals surface area contributed by atoms with E-state index in [-0.39, 0.29) is 31.1 Å². The largest absolute Gasteiger partial charge is 0.480 e. The molecule has 2 aromatic carbocycles. The molecule has 9 nitrogen and oxygen atoms in total. The lowest BCUT2D eigenvalue weighted by molar-refractivity contribution is -0.142. The second-order valence-corrected chi connectivity index (χ2v) is 8.49. The van der Waals surface area contributed by atoms with E-state index in [1.165, 1.54) is 22.8 Å². The number of rotatable bonds is 8. The summed E-state index contributed by atoms with van der Waals surface area (Å²) in [5.74, 6) is -1.61. The maximum atomic E-state index is 12.9. The van der Waals surface area contributed by atoms with Gasteiger partial charge in [0.25, 0.3) is 5.91 Å². The van der Waals surface area contributed by atoms with E-state index in [2.05, 4.69) is 22.5 Å². The molecule has 1 aromatic heterocycles. The number of aliphatic carboxylic acids is 1. The van der Waals surface area contributed by atoms with Crippen LogP contribution in [0.4, 0.5) is 4.79 Å². The highest BCUT2D eigenvalue weighted by molar-refractivity contribution is 5.97. The number of amides is 2. The summed E-state index contributed by atoms with van der Waals surface area (Å²) in [6.07, 6.45) is 1.03. The van der Waals surface area contributed by atoms with Gasteiger partial charge in [-0.15, -0.1) is 0 Å². The number of aryl methyl sites for hydroxylation is 1. The molecule has 0 spiro atoms. The van der Waals surface area contributed by atoms with Gasteiger partial charge in [0, 0.05) is 20.0 Å². The first-order chi connectivity index (χ1) is 16.8. The van der Waals surface area contributed by atoms with Crippen molar-refractivity contribution in [3.05, 3.63) is 77.1 Å². The molecule has 2 N–H and O–H groups in total. The number of carbonyl (C=O) groups is 3. The predicted molar refractivity (Wildman–Crippen MR) is 129 cm³/mol. The van der Waals surface area contributed by atoms with Crippen LogP contribution >= 0.6 is 0 Å². The number of hydrogen-bond donors (Lipinski definition) is 2. The van der Waals surface area contributed by atoms with Gasteiger partial charge in [0.15, 0.2) is 0 Å². The Kier molecular flexibility index (Phi) is 6.86. The summed E-state index contributed by atoms with van der Waals surface area (Å²) in [5, 5.41) is 16.2. The molecular formula is C26H28N4O5. The standard InChI is InChI=1S/C26H28N4O5/c1-4-22(25(32)33)29(2)24(31)20-13-28-30(3)23(20)14-27-26(34)35-15-21-18-11-7-5-9-16(18)17-10-6-8-12-19(17)21/h5-13,21-22H,4,14-15H2,1-3H3,(H,27,34)(H,32,33). The summed E-state index contributed by atoms with van der Waals surface area (Å²) in [6.45, 7) is 1.88. The monoisotopic (exact) mass is 476 g/mol. The van der Waals surface area contributed by atoms with Crippen LogP contribution in [0.25, 0.3) is 11.1 Å². The van der Waals surface area contributed by atoms with Crippen molar-refractivity contribution >= 4 is 18.0 Å². The van der Waals surface area contributed by atoms with E-state index < -0.39 is 24.0 Å². The Morgan fingerprint density at radius 1 is 1.11 bits per heavy atom. The molecule has 182 valence electrons. The van der Waals surface area contributed by atoms with E-state index in [0.717, 1.165) is 22.3 Å². The topological polar surface area (TPSA) is 114 Å². The van der Waals surface area contributed by atoms with Crippen LogP contribution in [0.3, 0.4) is 0 Å². The molecule has 1 atom stereocenters. The maximum absolute atomic E-state index is 12.9. The van der Waals surface area contributed by atoms with Gasteiger partial charge in [-0.2, -0.15) is 5.10 Å². The Balaban J connectivity index is 1.41. The van der Waals surface area contributed by atoms with Crippen LogP contribution < -0.4 is 5.32 Å². The zero-order valence-corrected chi connectivity index (χ0v) is 19.9. The molecule has 9 heteroatoms. The molecule has 1 heterocycles. The number of fused-ring (bicyclic) bond motifs is 3. The number of nitrogens with one attached hydrogen (secondary N) is 1. The smallest absolute Gasteiger partial charge is 0.407 e. The average molecular weight is 477 g/mol. The zero-order chi connectivity index (χ0) is 25.1. The summed E-state index contributed by atoms with van der Waals surface area (Å²) in [6, 6.07) is 15.2. The minimum Gasteiger partial charge on any atom is -0.480 e. The third-order valence-electron chi connectivity index (χ3n) is 6.50. The fourth-order valence-corrected chi connectivity index (χ4v) is 4.60. The SMILES string of the molecule is CCC(C(=O)O)N(C)C(=O)c1cnn(C)c1CNC(=O)OCC1c2ccccc2-c2ccccc21. The first-order valence-electron chi connectivity index (χ1n) is 11.4. The van der Waals surface area contributed by atoms with Crippen LogP contribution in [0.1, 0.15) is 46.4 Å². The molecule has 1 unspecified atom stereocenters. The number of nitrogens with zero attached hydrogens (tertiary/aromatic N) is 3.